The highest BCUT2D eigenvalue weighted by molar-refractivity contribution is 7.99. The molecular formula is C13H26N4O2S2. The Bertz CT molecular complexity index is 540. The SMILES string of the molecule is CCSCC(C)NS(=O)(=O)c1c(CNC(C)C)n[nH]c1C. The summed E-state index contributed by atoms with van der Waals surface area (Å²) < 4.78 is 27.8. The van der Waals surface area contributed by atoms with E-state index >= 15 is 0 Å². The van der Waals surface area contributed by atoms with Crippen LogP contribution in [0.25, 0.3) is 0 Å². The lowest BCUT2D eigenvalue weighted by Crippen LogP contribution is -2.35. The Morgan fingerprint density at radius 1 is 1.33 bits per heavy atom. The molecular weight excluding hydrogens is 308 g/mol. The van der Waals surface area contributed by atoms with Crippen molar-refractivity contribution >= 4 is 21.8 Å². The third-order valence-electron chi connectivity index (χ3n) is 2.84. The Kier molecular flexibility index (Phi) is 7.19. The minimum Gasteiger partial charge on any atom is -0.309 e. The lowest BCUT2D eigenvalue weighted by molar-refractivity contribution is 0.558. The summed E-state index contributed by atoms with van der Waals surface area (Å²) in [7, 11) is -3.55. The zero-order valence-electron chi connectivity index (χ0n) is 13.4. The second kappa shape index (κ2) is 8.17. The molecule has 0 fully saturated rings. The minimum absolute atomic E-state index is 0.111. The largest absolute Gasteiger partial charge is 0.309 e. The number of nitrogens with one attached hydrogen (secondary N) is 3. The third-order valence-corrected chi connectivity index (χ3v) is 5.77. The molecule has 1 rings (SSSR count). The molecule has 1 aromatic rings. The molecule has 0 aromatic carbocycles. The van der Waals surface area contributed by atoms with Crippen molar-refractivity contribution in [3.05, 3.63) is 11.4 Å². The molecule has 6 nitrogen and oxygen atoms in total. The molecule has 1 aromatic heterocycles. The predicted octanol–water partition coefficient (Wildman–Crippen LogP) is 1.64. The molecule has 0 spiro atoms. The first-order chi connectivity index (χ1) is 9.77. The molecule has 1 unspecified atom stereocenters. The molecule has 0 aliphatic heterocycles. The summed E-state index contributed by atoms with van der Waals surface area (Å²) in [6.07, 6.45) is 0. The van der Waals surface area contributed by atoms with Gasteiger partial charge in [0.15, 0.2) is 0 Å². The van der Waals surface area contributed by atoms with Gasteiger partial charge in [0.1, 0.15) is 4.90 Å². The zero-order chi connectivity index (χ0) is 16.0. The quantitative estimate of drug-likeness (QED) is 0.639. The van der Waals surface area contributed by atoms with Crippen LogP contribution >= 0.6 is 11.8 Å². The van der Waals surface area contributed by atoms with Crippen molar-refractivity contribution in [2.75, 3.05) is 11.5 Å². The van der Waals surface area contributed by atoms with Crippen molar-refractivity contribution in [3.63, 3.8) is 0 Å². The standard InChI is InChI=1S/C13H26N4O2S2/c1-6-20-8-10(4)17-21(18,19)13-11(5)15-16-12(13)7-14-9(2)3/h9-10,14,17H,6-8H2,1-5H3,(H,15,16). The van der Waals surface area contributed by atoms with Gasteiger partial charge in [0.25, 0.3) is 0 Å². The van der Waals surface area contributed by atoms with E-state index in [1.807, 2.05) is 20.8 Å². The molecule has 8 heteroatoms. The van der Waals surface area contributed by atoms with Crippen LogP contribution in [0.1, 0.15) is 39.1 Å². The average molecular weight is 335 g/mol. The van der Waals surface area contributed by atoms with E-state index in [0.717, 1.165) is 11.5 Å². The van der Waals surface area contributed by atoms with Gasteiger partial charge in [-0.25, -0.2) is 13.1 Å². The van der Waals surface area contributed by atoms with Gasteiger partial charge in [-0.3, -0.25) is 5.10 Å². The molecule has 1 heterocycles. The Hall–Kier alpha value is -0.570. The second-order valence-corrected chi connectivity index (χ2v) is 8.31. The highest BCUT2D eigenvalue weighted by atomic mass is 32.2. The lowest BCUT2D eigenvalue weighted by Gasteiger charge is -2.14. The number of thioether (sulfide) groups is 1. The number of aryl methyl sites for hydroxylation is 1. The Balaban J connectivity index is 2.89. The van der Waals surface area contributed by atoms with Crippen molar-refractivity contribution in [3.8, 4) is 0 Å². The van der Waals surface area contributed by atoms with Crippen LogP contribution < -0.4 is 10.0 Å². The number of aromatic amines is 1. The monoisotopic (exact) mass is 334 g/mol. The van der Waals surface area contributed by atoms with Gasteiger partial charge in [-0.05, 0) is 19.6 Å². The van der Waals surface area contributed by atoms with Crippen LogP contribution in [-0.2, 0) is 16.6 Å². The topological polar surface area (TPSA) is 86.9 Å². The van der Waals surface area contributed by atoms with Gasteiger partial charge < -0.3 is 5.32 Å². The Labute approximate surface area is 131 Å². The maximum absolute atomic E-state index is 12.5. The van der Waals surface area contributed by atoms with Gasteiger partial charge in [0, 0.05) is 24.4 Å². The number of nitrogens with zero attached hydrogens (tertiary/aromatic N) is 1. The molecule has 0 radical (unpaired) electrons. The molecule has 0 saturated heterocycles. The van der Waals surface area contributed by atoms with Crippen molar-refractivity contribution in [1.29, 1.82) is 0 Å². The summed E-state index contributed by atoms with van der Waals surface area (Å²) in [6.45, 7) is 10.1. The van der Waals surface area contributed by atoms with Crippen LogP contribution in [0.5, 0.6) is 0 Å². The zero-order valence-corrected chi connectivity index (χ0v) is 15.0. The van der Waals surface area contributed by atoms with E-state index in [2.05, 4.69) is 27.2 Å². The van der Waals surface area contributed by atoms with Crippen molar-refractivity contribution in [1.82, 2.24) is 20.2 Å². The Morgan fingerprint density at radius 2 is 2.00 bits per heavy atom. The molecule has 122 valence electrons. The number of aromatic nitrogens is 2. The molecule has 0 saturated carbocycles. The van der Waals surface area contributed by atoms with E-state index in [4.69, 9.17) is 0 Å². The predicted molar refractivity (Wildman–Crippen MR) is 88.1 cm³/mol. The third kappa shape index (κ3) is 5.61. The summed E-state index contributed by atoms with van der Waals surface area (Å²) in [5.74, 6) is 1.73. The minimum atomic E-state index is -3.55. The highest BCUT2D eigenvalue weighted by Crippen LogP contribution is 2.18. The molecule has 21 heavy (non-hydrogen) atoms. The first-order valence-electron chi connectivity index (χ1n) is 7.15. The first-order valence-corrected chi connectivity index (χ1v) is 9.79. The van der Waals surface area contributed by atoms with Gasteiger partial charge in [0.05, 0.1) is 11.4 Å². The number of hydrogen-bond acceptors (Lipinski definition) is 5. The van der Waals surface area contributed by atoms with Gasteiger partial charge >= 0.3 is 0 Å². The second-order valence-electron chi connectivity index (χ2n) is 5.34. The normalized spacial score (nSPS) is 13.8. The van der Waals surface area contributed by atoms with Crippen molar-refractivity contribution in [2.45, 2.75) is 58.1 Å². The van der Waals surface area contributed by atoms with Crippen LogP contribution in [0, 0.1) is 6.92 Å². The fourth-order valence-corrected chi connectivity index (χ4v) is 4.28. The van der Waals surface area contributed by atoms with Crippen molar-refractivity contribution in [2.24, 2.45) is 0 Å². The van der Waals surface area contributed by atoms with E-state index < -0.39 is 10.0 Å². The van der Waals surface area contributed by atoms with Gasteiger partial charge in [-0.2, -0.15) is 16.9 Å². The molecule has 0 aliphatic carbocycles. The van der Waals surface area contributed by atoms with E-state index in [0.29, 0.717) is 17.9 Å². The summed E-state index contributed by atoms with van der Waals surface area (Å²) in [5, 5.41) is 10.1. The van der Waals surface area contributed by atoms with Crippen LogP contribution in [0.3, 0.4) is 0 Å². The van der Waals surface area contributed by atoms with Gasteiger partial charge in [-0.15, -0.1) is 0 Å². The maximum Gasteiger partial charge on any atom is 0.244 e. The van der Waals surface area contributed by atoms with Crippen LogP contribution in [0.15, 0.2) is 4.90 Å². The number of hydrogen-bond donors (Lipinski definition) is 3. The molecule has 3 N–H and O–H groups in total. The Morgan fingerprint density at radius 3 is 2.57 bits per heavy atom. The average Bonchev–Trinajstić information content (AvgIpc) is 2.75. The number of H-pyrrole nitrogens is 1. The fraction of sp³-hybridized carbons (Fsp3) is 0.769. The number of rotatable bonds is 9. The van der Waals surface area contributed by atoms with E-state index in [-0.39, 0.29) is 17.0 Å². The van der Waals surface area contributed by atoms with Crippen LogP contribution in [-0.4, -0.2) is 42.2 Å². The highest BCUT2D eigenvalue weighted by Gasteiger charge is 2.25. The van der Waals surface area contributed by atoms with Gasteiger partial charge in [0.2, 0.25) is 10.0 Å². The lowest BCUT2D eigenvalue weighted by atomic mass is 10.3. The maximum atomic E-state index is 12.5. The summed E-state index contributed by atoms with van der Waals surface area (Å²) in [5.41, 5.74) is 1.10. The van der Waals surface area contributed by atoms with Crippen molar-refractivity contribution < 1.29 is 8.42 Å². The molecule has 1 atom stereocenters. The van der Waals surface area contributed by atoms with E-state index in [1.54, 1.807) is 18.7 Å². The van der Waals surface area contributed by atoms with E-state index in [9.17, 15) is 8.42 Å². The number of sulfonamides is 1. The summed E-state index contributed by atoms with van der Waals surface area (Å²) in [6, 6.07) is 0.158. The smallest absolute Gasteiger partial charge is 0.244 e. The van der Waals surface area contributed by atoms with Crippen LogP contribution in [0.2, 0.25) is 0 Å². The summed E-state index contributed by atoms with van der Waals surface area (Å²) >= 11 is 1.71. The van der Waals surface area contributed by atoms with Crippen LogP contribution in [0.4, 0.5) is 0 Å². The first kappa shape index (κ1) is 18.5. The fourth-order valence-electron chi connectivity index (χ4n) is 1.90. The molecule has 0 bridgehead atoms. The molecule has 0 aliphatic rings. The summed E-state index contributed by atoms with van der Waals surface area (Å²) in [4.78, 5) is 0.268. The van der Waals surface area contributed by atoms with Gasteiger partial charge in [-0.1, -0.05) is 20.8 Å². The molecule has 0 amide bonds. The van der Waals surface area contributed by atoms with E-state index in [1.165, 1.54) is 0 Å².